The van der Waals surface area contributed by atoms with Gasteiger partial charge in [-0.15, -0.1) is 0 Å². The van der Waals surface area contributed by atoms with E-state index >= 15 is 0 Å². The minimum Gasteiger partial charge on any atom is -0.369 e. The number of H-pyrrole nitrogens is 1. The summed E-state index contributed by atoms with van der Waals surface area (Å²) in [5, 5.41) is 0. The molecule has 0 aromatic carbocycles. The second-order valence-corrected chi connectivity index (χ2v) is 6.69. The van der Waals surface area contributed by atoms with Crippen molar-refractivity contribution in [3.05, 3.63) is 20.6 Å². The number of nitrogens with one attached hydrogen (secondary N) is 1. The van der Waals surface area contributed by atoms with Gasteiger partial charge in [0.05, 0.1) is 11.1 Å². The monoisotopic (exact) mass is 332 g/mol. The summed E-state index contributed by atoms with van der Waals surface area (Å²) in [6.45, 7) is 0.798. The summed E-state index contributed by atoms with van der Waals surface area (Å²) in [5.41, 5.74) is 1.21. The summed E-state index contributed by atoms with van der Waals surface area (Å²) in [7, 11) is 0. The zero-order valence-corrected chi connectivity index (χ0v) is 12.5. The summed E-state index contributed by atoms with van der Waals surface area (Å²) < 4.78 is 7.35. The van der Waals surface area contributed by atoms with Crippen LogP contribution in [0.2, 0.25) is 0 Å². The molecule has 1 aliphatic carbocycles. The largest absolute Gasteiger partial charge is 0.369 e. The first-order valence-electron chi connectivity index (χ1n) is 5.74. The molecule has 1 aliphatic heterocycles. The summed E-state index contributed by atoms with van der Waals surface area (Å²) in [4.78, 5) is 7.86. The maximum Gasteiger partial charge on any atom is 0.144 e. The van der Waals surface area contributed by atoms with Gasteiger partial charge in [-0.1, -0.05) is 12.2 Å². The summed E-state index contributed by atoms with van der Waals surface area (Å²) in [5.74, 6) is 3.56. The van der Waals surface area contributed by atoms with Crippen LogP contribution in [0.25, 0.3) is 0 Å². The number of hydrogen-bond donors (Lipinski definition) is 1. The number of ether oxygens (including phenoxy) is 1. The van der Waals surface area contributed by atoms with E-state index in [1.54, 1.807) is 0 Å². The zero-order valence-electron chi connectivity index (χ0n) is 9.24. The van der Waals surface area contributed by atoms with Crippen molar-refractivity contribution in [1.29, 1.82) is 0 Å². The Morgan fingerprint density at radius 1 is 1.47 bits per heavy atom. The Kier molecular flexibility index (Phi) is 3.57. The second kappa shape index (κ2) is 4.99. The normalized spacial score (nSPS) is 24.9. The molecule has 1 aromatic rings. The van der Waals surface area contributed by atoms with Crippen molar-refractivity contribution in [2.45, 2.75) is 24.9 Å². The van der Waals surface area contributed by atoms with E-state index in [9.17, 15) is 0 Å². The van der Waals surface area contributed by atoms with Gasteiger partial charge in [-0.05, 0) is 28.8 Å². The van der Waals surface area contributed by atoms with E-state index in [2.05, 4.69) is 25.9 Å². The number of halogens is 1. The fourth-order valence-electron chi connectivity index (χ4n) is 1.95. The number of aromatic amines is 1. The molecule has 1 aromatic heterocycles. The van der Waals surface area contributed by atoms with E-state index in [4.69, 9.17) is 17.0 Å². The van der Waals surface area contributed by atoms with Crippen LogP contribution >= 0.6 is 39.9 Å². The van der Waals surface area contributed by atoms with Crippen LogP contribution in [-0.4, -0.2) is 28.1 Å². The predicted octanol–water partition coefficient (Wildman–Crippen LogP) is 3.58. The highest BCUT2D eigenvalue weighted by Crippen LogP contribution is 2.42. The van der Waals surface area contributed by atoms with Crippen LogP contribution in [-0.2, 0) is 4.74 Å². The Bertz CT molecular complexity index is 481. The van der Waals surface area contributed by atoms with Gasteiger partial charge in [0.25, 0.3) is 0 Å². The van der Waals surface area contributed by atoms with Gasteiger partial charge in [0.2, 0.25) is 0 Å². The van der Waals surface area contributed by atoms with E-state index in [0.717, 1.165) is 28.4 Å². The standard InChI is InChI=1S/C11H13BrN2OS2/c12-8-9(6-1-2-6)13-10(14-11(8)16)7-5-17-4-3-15-7/h6-7H,1-5H2,(H,13,14,16). The first-order valence-corrected chi connectivity index (χ1v) is 8.10. The van der Waals surface area contributed by atoms with Crippen LogP contribution in [0.3, 0.4) is 0 Å². The first-order chi connectivity index (χ1) is 8.25. The van der Waals surface area contributed by atoms with Crippen molar-refractivity contribution in [2.24, 2.45) is 0 Å². The Morgan fingerprint density at radius 3 is 2.94 bits per heavy atom. The van der Waals surface area contributed by atoms with Crippen molar-refractivity contribution in [3.8, 4) is 0 Å². The number of thioether (sulfide) groups is 1. The van der Waals surface area contributed by atoms with E-state index in [1.165, 1.54) is 18.5 Å². The maximum absolute atomic E-state index is 5.74. The third-order valence-corrected chi connectivity index (χ3v) is 5.37. The number of nitrogens with zero attached hydrogens (tertiary/aromatic N) is 1. The van der Waals surface area contributed by atoms with Crippen LogP contribution in [0.5, 0.6) is 0 Å². The summed E-state index contributed by atoms with van der Waals surface area (Å²) in [6, 6.07) is 0. The molecule has 0 radical (unpaired) electrons. The molecule has 1 N–H and O–H groups in total. The van der Waals surface area contributed by atoms with Crippen molar-refractivity contribution >= 4 is 39.9 Å². The Labute approximate surface area is 118 Å². The molecular formula is C11H13BrN2OS2. The summed E-state index contributed by atoms with van der Waals surface area (Å²) >= 11 is 10.7. The molecule has 1 atom stereocenters. The molecule has 1 unspecified atom stereocenters. The predicted molar refractivity (Wildman–Crippen MR) is 75.1 cm³/mol. The van der Waals surface area contributed by atoms with Crippen LogP contribution in [0.4, 0.5) is 0 Å². The van der Waals surface area contributed by atoms with Crippen molar-refractivity contribution < 1.29 is 4.74 Å². The highest BCUT2D eigenvalue weighted by atomic mass is 79.9. The first kappa shape index (κ1) is 12.1. The van der Waals surface area contributed by atoms with E-state index < -0.39 is 0 Å². The molecule has 2 aliphatic rings. The zero-order chi connectivity index (χ0) is 11.8. The molecule has 0 amide bonds. The Morgan fingerprint density at radius 2 is 2.29 bits per heavy atom. The lowest BCUT2D eigenvalue weighted by Gasteiger charge is -2.22. The lowest BCUT2D eigenvalue weighted by molar-refractivity contribution is 0.0691. The molecule has 0 spiro atoms. The van der Waals surface area contributed by atoms with Gasteiger partial charge in [0, 0.05) is 23.1 Å². The van der Waals surface area contributed by atoms with Gasteiger partial charge in [0.1, 0.15) is 16.6 Å². The lowest BCUT2D eigenvalue weighted by Crippen LogP contribution is -2.19. The highest BCUT2D eigenvalue weighted by molar-refractivity contribution is 9.10. The molecule has 3 rings (SSSR count). The van der Waals surface area contributed by atoms with Gasteiger partial charge >= 0.3 is 0 Å². The van der Waals surface area contributed by atoms with Crippen molar-refractivity contribution in [1.82, 2.24) is 9.97 Å². The van der Waals surface area contributed by atoms with E-state index in [0.29, 0.717) is 10.6 Å². The third kappa shape index (κ3) is 2.59. The highest BCUT2D eigenvalue weighted by Gasteiger charge is 2.29. The van der Waals surface area contributed by atoms with Gasteiger partial charge in [-0.25, -0.2) is 4.98 Å². The number of aromatic nitrogens is 2. The topological polar surface area (TPSA) is 37.9 Å². The molecule has 6 heteroatoms. The number of hydrogen-bond acceptors (Lipinski definition) is 4. The third-order valence-electron chi connectivity index (χ3n) is 3.02. The number of rotatable bonds is 2. The molecule has 0 bridgehead atoms. The van der Waals surface area contributed by atoms with Crippen LogP contribution in [0.1, 0.15) is 36.4 Å². The molecule has 2 heterocycles. The van der Waals surface area contributed by atoms with Crippen LogP contribution < -0.4 is 0 Å². The molecule has 1 saturated carbocycles. The van der Waals surface area contributed by atoms with Gasteiger partial charge < -0.3 is 9.72 Å². The fourth-order valence-corrected chi connectivity index (χ4v) is 3.51. The van der Waals surface area contributed by atoms with E-state index in [1.807, 2.05) is 11.8 Å². The van der Waals surface area contributed by atoms with Crippen LogP contribution in [0.15, 0.2) is 4.47 Å². The Hall–Kier alpha value is 0.0900. The quantitative estimate of drug-likeness (QED) is 0.840. The second-order valence-electron chi connectivity index (χ2n) is 4.36. The molecular weight excluding hydrogens is 320 g/mol. The van der Waals surface area contributed by atoms with Crippen molar-refractivity contribution in [2.75, 3.05) is 18.1 Å². The molecule has 1 saturated heterocycles. The molecule has 3 nitrogen and oxygen atoms in total. The maximum atomic E-state index is 5.74. The van der Waals surface area contributed by atoms with Gasteiger partial charge in [-0.2, -0.15) is 11.8 Å². The van der Waals surface area contributed by atoms with Crippen molar-refractivity contribution in [3.63, 3.8) is 0 Å². The average molecular weight is 333 g/mol. The lowest BCUT2D eigenvalue weighted by atomic mass is 10.2. The van der Waals surface area contributed by atoms with Gasteiger partial charge in [0.15, 0.2) is 0 Å². The minimum atomic E-state index is 0.0704. The van der Waals surface area contributed by atoms with Crippen LogP contribution in [0, 0.1) is 4.64 Å². The summed E-state index contributed by atoms with van der Waals surface area (Å²) in [6.07, 6.45) is 2.56. The minimum absolute atomic E-state index is 0.0704. The average Bonchev–Trinajstić information content (AvgIpc) is 3.18. The van der Waals surface area contributed by atoms with Gasteiger partial charge in [-0.3, -0.25) is 0 Å². The molecule has 2 fully saturated rings. The molecule has 17 heavy (non-hydrogen) atoms. The smallest absolute Gasteiger partial charge is 0.144 e. The Balaban J connectivity index is 1.96. The van der Waals surface area contributed by atoms with E-state index in [-0.39, 0.29) is 6.10 Å². The SMILES string of the molecule is S=c1nc(C2CSCCO2)[nH]c(C2CC2)c1Br. The molecule has 92 valence electrons. The fraction of sp³-hybridized carbons (Fsp3) is 0.636.